The number of anilines is 1. The molecule has 0 radical (unpaired) electrons. The predicted molar refractivity (Wildman–Crippen MR) is 90.6 cm³/mol. The molecule has 4 rings (SSSR count). The summed E-state index contributed by atoms with van der Waals surface area (Å²) in [6.45, 7) is 3.08. The summed E-state index contributed by atoms with van der Waals surface area (Å²) >= 11 is 0. The van der Waals surface area contributed by atoms with Gasteiger partial charge in [0.25, 0.3) is 5.91 Å². The fraction of sp³-hybridized carbons (Fsp3) is 0.588. The number of carbonyl (C=O) groups is 1. The zero-order valence-corrected chi connectivity index (χ0v) is 14.0. The normalized spacial score (nSPS) is 27.5. The standard InChI is InChI=1S/C17H23N5O2/c1-10(23)17(24)22-7-11-5-13(6-12(11)8-22)21(2)16-14-3-4-18-15(14)19-9-20-16/h3-4,9-13,23H,5-8H2,1-2H3,(H,18,19,20)/t10-,11-,12+,13?/m0/s1. The van der Waals surface area contributed by atoms with E-state index in [1.807, 2.05) is 17.2 Å². The molecule has 1 saturated heterocycles. The van der Waals surface area contributed by atoms with Crippen molar-refractivity contribution in [1.82, 2.24) is 19.9 Å². The van der Waals surface area contributed by atoms with Crippen molar-refractivity contribution in [2.45, 2.75) is 31.9 Å². The Kier molecular flexibility index (Phi) is 3.68. The number of H-pyrrole nitrogens is 1. The van der Waals surface area contributed by atoms with Crippen LogP contribution in [0.1, 0.15) is 19.8 Å². The van der Waals surface area contributed by atoms with Gasteiger partial charge in [-0.15, -0.1) is 0 Å². The maximum absolute atomic E-state index is 12.0. The number of aromatic nitrogens is 3. The molecule has 0 spiro atoms. The van der Waals surface area contributed by atoms with E-state index >= 15 is 0 Å². The Bertz CT molecular complexity index is 744. The fourth-order valence-electron chi connectivity index (χ4n) is 4.34. The quantitative estimate of drug-likeness (QED) is 0.878. The second kappa shape index (κ2) is 5.73. The highest BCUT2D eigenvalue weighted by atomic mass is 16.3. The first-order chi connectivity index (χ1) is 11.5. The van der Waals surface area contributed by atoms with Crippen molar-refractivity contribution < 1.29 is 9.90 Å². The predicted octanol–water partition coefficient (Wildman–Crippen LogP) is 1.01. The minimum atomic E-state index is -0.898. The molecule has 1 saturated carbocycles. The lowest BCUT2D eigenvalue weighted by atomic mass is 10.0. The molecule has 2 aliphatic rings. The van der Waals surface area contributed by atoms with Gasteiger partial charge in [-0.25, -0.2) is 9.97 Å². The number of nitrogens with zero attached hydrogens (tertiary/aromatic N) is 4. The summed E-state index contributed by atoms with van der Waals surface area (Å²) in [4.78, 5) is 27.9. The van der Waals surface area contributed by atoms with Crippen LogP contribution in [0.5, 0.6) is 0 Å². The summed E-state index contributed by atoms with van der Waals surface area (Å²) in [7, 11) is 2.10. The molecule has 2 N–H and O–H groups in total. The molecule has 1 unspecified atom stereocenters. The van der Waals surface area contributed by atoms with E-state index in [1.54, 1.807) is 13.3 Å². The van der Waals surface area contributed by atoms with Gasteiger partial charge in [0.05, 0.1) is 5.39 Å². The number of likely N-dealkylation sites (tertiary alicyclic amines) is 1. The maximum atomic E-state index is 12.0. The van der Waals surface area contributed by atoms with E-state index in [4.69, 9.17) is 0 Å². The smallest absolute Gasteiger partial charge is 0.251 e. The number of hydrogen-bond acceptors (Lipinski definition) is 5. The lowest BCUT2D eigenvalue weighted by molar-refractivity contribution is -0.138. The molecule has 1 aliphatic carbocycles. The van der Waals surface area contributed by atoms with Crippen molar-refractivity contribution in [2.75, 3.05) is 25.0 Å². The molecule has 7 heteroatoms. The van der Waals surface area contributed by atoms with Gasteiger partial charge in [-0.3, -0.25) is 4.79 Å². The zero-order valence-electron chi connectivity index (χ0n) is 14.0. The fourth-order valence-corrected chi connectivity index (χ4v) is 4.34. The Balaban J connectivity index is 1.47. The molecule has 0 aromatic carbocycles. The lowest BCUT2D eigenvalue weighted by Crippen LogP contribution is -2.38. The minimum Gasteiger partial charge on any atom is -0.384 e. The Morgan fingerprint density at radius 1 is 1.38 bits per heavy atom. The van der Waals surface area contributed by atoms with Crippen LogP contribution >= 0.6 is 0 Å². The third-order valence-electron chi connectivity index (χ3n) is 5.61. The van der Waals surface area contributed by atoms with Gasteiger partial charge in [0.2, 0.25) is 0 Å². The van der Waals surface area contributed by atoms with Crippen molar-refractivity contribution in [2.24, 2.45) is 11.8 Å². The summed E-state index contributed by atoms with van der Waals surface area (Å²) in [6.07, 6.45) is 4.70. The molecule has 24 heavy (non-hydrogen) atoms. The average molecular weight is 329 g/mol. The summed E-state index contributed by atoms with van der Waals surface area (Å²) in [6, 6.07) is 2.44. The summed E-state index contributed by atoms with van der Waals surface area (Å²) in [5.74, 6) is 1.86. The molecule has 7 nitrogen and oxygen atoms in total. The number of amides is 1. The maximum Gasteiger partial charge on any atom is 0.251 e. The van der Waals surface area contributed by atoms with Crippen molar-refractivity contribution in [3.63, 3.8) is 0 Å². The number of hydrogen-bond donors (Lipinski definition) is 2. The van der Waals surface area contributed by atoms with Crippen LogP contribution in [-0.2, 0) is 4.79 Å². The van der Waals surface area contributed by atoms with Crippen LogP contribution in [0.3, 0.4) is 0 Å². The Hall–Kier alpha value is -2.15. The Labute approximate surface area is 140 Å². The molecule has 1 aliphatic heterocycles. The van der Waals surface area contributed by atoms with Gasteiger partial charge in [0.1, 0.15) is 23.9 Å². The SMILES string of the molecule is C[C@H](O)C(=O)N1C[C@H]2CC(N(C)c3ncnc4[nH]ccc34)C[C@H]2C1. The van der Waals surface area contributed by atoms with Crippen molar-refractivity contribution in [3.05, 3.63) is 18.6 Å². The highest BCUT2D eigenvalue weighted by Crippen LogP contribution is 2.41. The Morgan fingerprint density at radius 3 is 2.75 bits per heavy atom. The van der Waals surface area contributed by atoms with Crippen LogP contribution in [0.2, 0.25) is 0 Å². The molecule has 4 atom stereocenters. The summed E-state index contributed by atoms with van der Waals surface area (Å²) < 4.78 is 0. The molecule has 2 aromatic heterocycles. The van der Waals surface area contributed by atoms with Gasteiger partial charge in [0.15, 0.2) is 0 Å². The first-order valence-corrected chi connectivity index (χ1v) is 8.52. The third-order valence-corrected chi connectivity index (χ3v) is 5.61. The van der Waals surface area contributed by atoms with E-state index in [0.29, 0.717) is 17.9 Å². The molecular weight excluding hydrogens is 306 g/mol. The molecule has 2 fully saturated rings. The van der Waals surface area contributed by atoms with Crippen LogP contribution in [0.4, 0.5) is 5.82 Å². The van der Waals surface area contributed by atoms with Gasteiger partial charge in [-0.1, -0.05) is 0 Å². The van der Waals surface area contributed by atoms with Gasteiger partial charge in [-0.2, -0.15) is 0 Å². The van der Waals surface area contributed by atoms with Crippen molar-refractivity contribution >= 4 is 22.8 Å². The van der Waals surface area contributed by atoms with Crippen LogP contribution in [0, 0.1) is 11.8 Å². The largest absolute Gasteiger partial charge is 0.384 e. The van der Waals surface area contributed by atoms with Gasteiger partial charge < -0.3 is 19.9 Å². The molecular formula is C17H23N5O2. The molecule has 128 valence electrons. The molecule has 1 amide bonds. The first kappa shape index (κ1) is 15.4. The minimum absolute atomic E-state index is 0.140. The number of rotatable bonds is 3. The monoisotopic (exact) mass is 329 g/mol. The average Bonchev–Trinajstić information content (AvgIpc) is 3.26. The molecule has 0 bridgehead atoms. The number of aliphatic hydroxyl groups excluding tert-OH is 1. The summed E-state index contributed by atoms with van der Waals surface area (Å²) in [5, 5.41) is 10.5. The van der Waals surface area contributed by atoms with Crippen molar-refractivity contribution in [3.8, 4) is 0 Å². The molecule has 3 heterocycles. The third kappa shape index (κ3) is 2.43. The van der Waals surface area contributed by atoms with E-state index in [1.165, 1.54) is 0 Å². The highest BCUT2D eigenvalue weighted by molar-refractivity contribution is 5.87. The topological polar surface area (TPSA) is 85.3 Å². The van der Waals surface area contributed by atoms with Crippen LogP contribution in [0.15, 0.2) is 18.6 Å². The first-order valence-electron chi connectivity index (χ1n) is 8.52. The van der Waals surface area contributed by atoms with E-state index in [0.717, 1.165) is 42.8 Å². The number of carbonyl (C=O) groups excluding carboxylic acids is 1. The van der Waals surface area contributed by atoms with Crippen LogP contribution < -0.4 is 4.90 Å². The zero-order chi connectivity index (χ0) is 16.8. The van der Waals surface area contributed by atoms with Gasteiger partial charge in [-0.05, 0) is 37.7 Å². The van der Waals surface area contributed by atoms with Crippen LogP contribution in [0.25, 0.3) is 11.0 Å². The van der Waals surface area contributed by atoms with E-state index in [2.05, 4.69) is 26.9 Å². The molecule has 2 aromatic rings. The van der Waals surface area contributed by atoms with Crippen LogP contribution in [-0.4, -0.2) is 63.1 Å². The van der Waals surface area contributed by atoms with E-state index in [9.17, 15) is 9.90 Å². The number of aromatic amines is 1. The second-order valence-corrected chi connectivity index (χ2v) is 7.11. The van der Waals surface area contributed by atoms with E-state index in [-0.39, 0.29) is 5.91 Å². The Morgan fingerprint density at radius 2 is 2.08 bits per heavy atom. The summed E-state index contributed by atoms with van der Waals surface area (Å²) in [5.41, 5.74) is 0.860. The number of fused-ring (bicyclic) bond motifs is 2. The van der Waals surface area contributed by atoms with Gasteiger partial charge >= 0.3 is 0 Å². The lowest BCUT2D eigenvalue weighted by Gasteiger charge is -2.28. The second-order valence-electron chi connectivity index (χ2n) is 7.11. The van der Waals surface area contributed by atoms with E-state index < -0.39 is 6.10 Å². The number of aliphatic hydroxyl groups is 1. The highest BCUT2D eigenvalue weighted by Gasteiger charge is 2.44. The van der Waals surface area contributed by atoms with Crippen molar-refractivity contribution in [1.29, 1.82) is 0 Å². The number of nitrogens with one attached hydrogen (secondary N) is 1. The van der Waals surface area contributed by atoms with Gasteiger partial charge in [0, 0.05) is 32.4 Å².